The molecule has 0 bridgehead atoms. The van der Waals surface area contributed by atoms with Crippen LogP contribution in [0.15, 0.2) is 77.3 Å². The van der Waals surface area contributed by atoms with E-state index < -0.39 is 0 Å². The molecule has 0 radical (unpaired) electrons. The van der Waals surface area contributed by atoms with Gasteiger partial charge in [0.05, 0.1) is 5.56 Å². The van der Waals surface area contributed by atoms with Crippen LogP contribution in [-0.2, 0) is 6.54 Å². The standard InChI is InChI=1S/C21H16BrClN2O/c22-16-9-7-15(8-10-16)20-24-19-4-2-1-3-18(19)21(26)25(20)13-14-5-11-17(23)12-6-14/h1-12,20,24H,13H2/t20-/m0/s1. The quantitative estimate of drug-likeness (QED) is 0.567. The maximum absolute atomic E-state index is 13.2. The van der Waals surface area contributed by atoms with E-state index in [0.717, 1.165) is 21.3 Å². The predicted molar refractivity (Wildman–Crippen MR) is 108 cm³/mol. The molecule has 0 spiro atoms. The van der Waals surface area contributed by atoms with E-state index in [2.05, 4.69) is 21.2 Å². The molecule has 0 aliphatic carbocycles. The van der Waals surface area contributed by atoms with Gasteiger partial charge in [-0.15, -0.1) is 0 Å². The zero-order valence-corrected chi connectivity index (χ0v) is 16.2. The van der Waals surface area contributed by atoms with Gasteiger partial charge in [0.2, 0.25) is 0 Å². The number of benzene rings is 3. The molecule has 0 aromatic heterocycles. The molecule has 3 aromatic carbocycles. The predicted octanol–water partition coefficient (Wildman–Crippen LogP) is 5.87. The van der Waals surface area contributed by atoms with Crippen LogP contribution >= 0.6 is 27.5 Å². The lowest BCUT2D eigenvalue weighted by Gasteiger charge is -2.38. The summed E-state index contributed by atoms with van der Waals surface area (Å²) < 4.78 is 1.01. The Morgan fingerprint density at radius 3 is 2.38 bits per heavy atom. The fraction of sp³-hybridized carbons (Fsp3) is 0.0952. The van der Waals surface area contributed by atoms with Gasteiger partial charge in [-0.05, 0) is 47.5 Å². The Hall–Kier alpha value is -2.30. The maximum Gasteiger partial charge on any atom is 0.258 e. The Bertz CT molecular complexity index is 941. The number of rotatable bonds is 3. The number of halogens is 2. The number of anilines is 1. The highest BCUT2D eigenvalue weighted by Gasteiger charge is 2.32. The number of hydrogen-bond acceptors (Lipinski definition) is 2. The molecule has 0 saturated carbocycles. The summed E-state index contributed by atoms with van der Waals surface area (Å²) >= 11 is 9.46. The topological polar surface area (TPSA) is 32.3 Å². The monoisotopic (exact) mass is 426 g/mol. The first-order valence-corrected chi connectivity index (χ1v) is 9.45. The van der Waals surface area contributed by atoms with Crippen molar-refractivity contribution < 1.29 is 4.79 Å². The van der Waals surface area contributed by atoms with E-state index in [9.17, 15) is 4.79 Å². The summed E-state index contributed by atoms with van der Waals surface area (Å²) in [6.45, 7) is 0.498. The number of para-hydroxylation sites is 1. The Balaban J connectivity index is 1.74. The molecule has 0 unspecified atom stereocenters. The van der Waals surface area contributed by atoms with Crippen molar-refractivity contribution in [2.24, 2.45) is 0 Å². The third-order valence-corrected chi connectivity index (χ3v) is 5.25. The van der Waals surface area contributed by atoms with E-state index in [1.165, 1.54) is 0 Å². The third kappa shape index (κ3) is 3.35. The third-order valence-electron chi connectivity index (χ3n) is 4.47. The van der Waals surface area contributed by atoms with Crippen LogP contribution < -0.4 is 5.32 Å². The number of nitrogens with one attached hydrogen (secondary N) is 1. The van der Waals surface area contributed by atoms with Gasteiger partial charge in [0.15, 0.2) is 0 Å². The van der Waals surface area contributed by atoms with Crippen molar-refractivity contribution in [2.75, 3.05) is 5.32 Å². The van der Waals surface area contributed by atoms with Crippen LogP contribution in [0.1, 0.15) is 27.7 Å². The van der Waals surface area contributed by atoms with E-state index in [1.54, 1.807) is 0 Å². The first-order chi connectivity index (χ1) is 12.6. The molecule has 3 aromatic rings. The number of nitrogens with zero attached hydrogens (tertiary/aromatic N) is 1. The SMILES string of the molecule is O=C1c2ccccc2N[C@H](c2ccc(Br)cc2)N1Cc1ccc(Cl)cc1. The number of carbonyl (C=O) groups excluding carboxylic acids is 1. The minimum Gasteiger partial charge on any atom is -0.361 e. The summed E-state index contributed by atoms with van der Waals surface area (Å²) in [6.07, 6.45) is -0.235. The zero-order chi connectivity index (χ0) is 18.1. The van der Waals surface area contributed by atoms with Crippen molar-refractivity contribution in [1.29, 1.82) is 0 Å². The van der Waals surface area contributed by atoms with Gasteiger partial charge < -0.3 is 10.2 Å². The molecular formula is C21H16BrClN2O. The van der Waals surface area contributed by atoms with Gasteiger partial charge in [0, 0.05) is 21.7 Å². The Morgan fingerprint density at radius 1 is 0.962 bits per heavy atom. The first-order valence-electron chi connectivity index (χ1n) is 8.28. The Labute approximate surface area is 165 Å². The van der Waals surface area contributed by atoms with Crippen molar-refractivity contribution >= 4 is 39.1 Å². The molecule has 3 nitrogen and oxygen atoms in total. The summed E-state index contributed by atoms with van der Waals surface area (Å²) in [6, 6.07) is 23.3. The van der Waals surface area contributed by atoms with E-state index in [0.29, 0.717) is 17.1 Å². The van der Waals surface area contributed by atoms with Crippen molar-refractivity contribution in [2.45, 2.75) is 12.7 Å². The Morgan fingerprint density at radius 2 is 1.65 bits per heavy atom. The largest absolute Gasteiger partial charge is 0.361 e. The van der Waals surface area contributed by atoms with Crippen LogP contribution in [0.4, 0.5) is 5.69 Å². The first kappa shape index (κ1) is 17.1. The minimum atomic E-state index is -0.235. The molecule has 1 aliphatic rings. The van der Waals surface area contributed by atoms with E-state index in [-0.39, 0.29) is 12.1 Å². The highest BCUT2D eigenvalue weighted by molar-refractivity contribution is 9.10. The summed E-state index contributed by atoms with van der Waals surface area (Å²) in [5, 5.41) is 4.20. The van der Waals surface area contributed by atoms with Crippen LogP contribution in [0.2, 0.25) is 5.02 Å². The molecular weight excluding hydrogens is 412 g/mol. The van der Waals surface area contributed by atoms with Gasteiger partial charge in [0.1, 0.15) is 6.17 Å². The Kier molecular flexibility index (Phi) is 4.70. The molecule has 26 heavy (non-hydrogen) atoms. The molecule has 0 saturated heterocycles. The van der Waals surface area contributed by atoms with Gasteiger partial charge in [-0.3, -0.25) is 4.79 Å². The van der Waals surface area contributed by atoms with Crippen molar-refractivity contribution in [3.8, 4) is 0 Å². The zero-order valence-electron chi connectivity index (χ0n) is 13.8. The van der Waals surface area contributed by atoms with E-state index in [1.807, 2.05) is 77.7 Å². The van der Waals surface area contributed by atoms with Crippen LogP contribution in [0.3, 0.4) is 0 Å². The molecule has 5 heteroatoms. The van der Waals surface area contributed by atoms with Crippen LogP contribution in [0, 0.1) is 0 Å². The number of carbonyl (C=O) groups is 1. The van der Waals surface area contributed by atoms with Gasteiger partial charge in [-0.25, -0.2) is 0 Å². The van der Waals surface area contributed by atoms with Gasteiger partial charge in [0.25, 0.3) is 5.91 Å². The van der Waals surface area contributed by atoms with Crippen molar-refractivity contribution in [3.05, 3.63) is 99.0 Å². The molecule has 1 aliphatic heterocycles. The van der Waals surface area contributed by atoms with Gasteiger partial charge in [-0.1, -0.05) is 63.9 Å². The molecule has 1 atom stereocenters. The van der Waals surface area contributed by atoms with Crippen LogP contribution in [-0.4, -0.2) is 10.8 Å². The van der Waals surface area contributed by atoms with Crippen molar-refractivity contribution in [1.82, 2.24) is 4.90 Å². The molecule has 1 N–H and O–H groups in total. The number of hydrogen-bond donors (Lipinski definition) is 1. The summed E-state index contributed by atoms with van der Waals surface area (Å²) in [5.41, 5.74) is 3.61. The smallest absolute Gasteiger partial charge is 0.258 e. The second kappa shape index (κ2) is 7.14. The van der Waals surface area contributed by atoms with E-state index >= 15 is 0 Å². The molecule has 1 amide bonds. The lowest BCUT2D eigenvalue weighted by Crippen LogP contribution is -2.42. The normalized spacial score (nSPS) is 16.2. The fourth-order valence-electron chi connectivity index (χ4n) is 3.15. The van der Waals surface area contributed by atoms with E-state index in [4.69, 9.17) is 11.6 Å². The number of fused-ring (bicyclic) bond motifs is 1. The van der Waals surface area contributed by atoms with Gasteiger partial charge >= 0.3 is 0 Å². The van der Waals surface area contributed by atoms with Gasteiger partial charge in [-0.2, -0.15) is 0 Å². The summed E-state index contributed by atoms with van der Waals surface area (Å²) in [7, 11) is 0. The van der Waals surface area contributed by atoms with Crippen LogP contribution in [0.25, 0.3) is 0 Å². The molecule has 0 fully saturated rings. The summed E-state index contributed by atoms with van der Waals surface area (Å²) in [4.78, 5) is 15.0. The summed E-state index contributed by atoms with van der Waals surface area (Å²) in [5.74, 6) is 0.0159. The fourth-order valence-corrected chi connectivity index (χ4v) is 3.54. The average Bonchev–Trinajstić information content (AvgIpc) is 2.66. The lowest BCUT2D eigenvalue weighted by atomic mass is 10.0. The highest BCUT2D eigenvalue weighted by Crippen LogP contribution is 2.34. The average molecular weight is 428 g/mol. The second-order valence-electron chi connectivity index (χ2n) is 6.20. The highest BCUT2D eigenvalue weighted by atomic mass is 79.9. The lowest BCUT2D eigenvalue weighted by molar-refractivity contribution is 0.0666. The van der Waals surface area contributed by atoms with Crippen molar-refractivity contribution in [3.63, 3.8) is 0 Å². The van der Waals surface area contributed by atoms with Crippen LogP contribution in [0.5, 0.6) is 0 Å². The molecule has 4 rings (SSSR count). The maximum atomic E-state index is 13.2. The number of amides is 1. The molecule has 130 valence electrons. The molecule has 1 heterocycles. The minimum absolute atomic E-state index is 0.0159. The second-order valence-corrected chi connectivity index (χ2v) is 7.56.